The average Bonchev–Trinajstić information content (AvgIpc) is 3.41. The Hall–Kier alpha value is -3.29. The van der Waals surface area contributed by atoms with Crippen molar-refractivity contribution in [2.24, 2.45) is 22.9 Å². The van der Waals surface area contributed by atoms with Gasteiger partial charge in [0.05, 0.1) is 27.7 Å². The SMILES string of the molecule is O=[N+]([O-])c1ccc(N2N=C(c3ccccc3)C3C4CCC(C4)C32)c([N+](=O)[O-])c1. The van der Waals surface area contributed by atoms with E-state index >= 15 is 0 Å². The second-order valence-electron chi connectivity index (χ2n) is 7.73. The molecular formula is C20H18N4O4. The van der Waals surface area contributed by atoms with Crippen molar-refractivity contribution < 1.29 is 9.85 Å². The number of hydrazone groups is 1. The van der Waals surface area contributed by atoms with Crippen LogP contribution < -0.4 is 5.01 Å². The Labute approximate surface area is 160 Å². The molecule has 0 spiro atoms. The number of fused-ring (bicyclic) bond motifs is 5. The standard InChI is InChI=1S/C20H18N4O4/c25-23(26)15-8-9-16(17(11-15)24(27)28)22-20-14-7-6-13(10-14)18(20)19(21-22)12-4-2-1-3-5-12/h1-5,8-9,11,13-14,18,20H,6-7,10H2. The van der Waals surface area contributed by atoms with Gasteiger partial charge in [-0.2, -0.15) is 5.10 Å². The first-order valence-corrected chi connectivity index (χ1v) is 9.40. The lowest BCUT2D eigenvalue weighted by Gasteiger charge is -2.31. The number of rotatable bonds is 4. The molecule has 2 aromatic rings. The van der Waals surface area contributed by atoms with Crippen LogP contribution >= 0.6 is 0 Å². The number of nitro benzene ring substituents is 2. The maximum Gasteiger partial charge on any atom is 0.301 e. The Kier molecular flexibility index (Phi) is 3.68. The molecule has 0 aromatic heterocycles. The molecule has 2 aromatic carbocycles. The largest absolute Gasteiger partial charge is 0.301 e. The summed E-state index contributed by atoms with van der Waals surface area (Å²) in [6, 6.07) is 13.8. The summed E-state index contributed by atoms with van der Waals surface area (Å²) in [6.07, 6.45) is 3.37. The molecule has 142 valence electrons. The maximum atomic E-state index is 11.7. The van der Waals surface area contributed by atoms with Gasteiger partial charge in [-0.15, -0.1) is 0 Å². The number of nitrogens with zero attached hydrogens (tertiary/aromatic N) is 4. The van der Waals surface area contributed by atoms with Gasteiger partial charge >= 0.3 is 5.69 Å². The van der Waals surface area contributed by atoms with Crippen LogP contribution in [-0.2, 0) is 0 Å². The molecule has 4 unspecified atom stereocenters. The molecule has 4 atom stereocenters. The summed E-state index contributed by atoms with van der Waals surface area (Å²) in [6.45, 7) is 0. The van der Waals surface area contributed by atoms with Crippen molar-refractivity contribution in [2.45, 2.75) is 25.3 Å². The first-order chi connectivity index (χ1) is 13.5. The number of nitro groups is 2. The van der Waals surface area contributed by atoms with Crippen molar-refractivity contribution in [1.82, 2.24) is 0 Å². The quantitative estimate of drug-likeness (QED) is 0.588. The van der Waals surface area contributed by atoms with Crippen molar-refractivity contribution in [1.29, 1.82) is 0 Å². The molecule has 0 amide bonds. The van der Waals surface area contributed by atoms with Gasteiger partial charge in [0, 0.05) is 12.0 Å². The average molecular weight is 378 g/mol. The number of anilines is 1. The van der Waals surface area contributed by atoms with Crippen LogP contribution in [0.5, 0.6) is 0 Å². The summed E-state index contributed by atoms with van der Waals surface area (Å²) in [5.41, 5.74) is 1.80. The minimum absolute atomic E-state index is 0.0779. The van der Waals surface area contributed by atoms with E-state index in [0.29, 0.717) is 17.5 Å². The molecule has 28 heavy (non-hydrogen) atoms. The lowest BCUT2D eigenvalue weighted by atomic mass is 9.80. The van der Waals surface area contributed by atoms with Gasteiger partial charge in [-0.3, -0.25) is 25.2 Å². The molecule has 2 saturated carbocycles. The Bertz CT molecular complexity index is 1010. The zero-order valence-corrected chi connectivity index (χ0v) is 15.0. The van der Waals surface area contributed by atoms with Crippen molar-refractivity contribution in [3.63, 3.8) is 0 Å². The van der Waals surface area contributed by atoms with E-state index in [1.165, 1.54) is 12.1 Å². The van der Waals surface area contributed by atoms with Gasteiger partial charge in [0.2, 0.25) is 0 Å². The van der Waals surface area contributed by atoms with Crippen LogP contribution in [0.2, 0.25) is 0 Å². The van der Waals surface area contributed by atoms with Crippen molar-refractivity contribution in [3.05, 3.63) is 74.3 Å². The maximum absolute atomic E-state index is 11.7. The molecule has 2 aliphatic carbocycles. The molecule has 3 aliphatic rings. The van der Waals surface area contributed by atoms with Crippen LogP contribution in [-0.4, -0.2) is 21.6 Å². The fourth-order valence-electron chi connectivity index (χ4n) is 5.29. The molecule has 0 N–H and O–H groups in total. The van der Waals surface area contributed by atoms with Crippen molar-refractivity contribution in [3.8, 4) is 0 Å². The first kappa shape index (κ1) is 16.9. The topological polar surface area (TPSA) is 102 Å². The summed E-state index contributed by atoms with van der Waals surface area (Å²) in [4.78, 5) is 21.6. The summed E-state index contributed by atoms with van der Waals surface area (Å²) < 4.78 is 0. The van der Waals surface area contributed by atoms with Gasteiger partial charge in [-0.1, -0.05) is 30.3 Å². The first-order valence-electron chi connectivity index (χ1n) is 9.40. The van der Waals surface area contributed by atoms with Gasteiger partial charge < -0.3 is 0 Å². The van der Waals surface area contributed by atoms with E-state index in [1.807, 2.05) is 30.3 Å². The number of benzene rings is 2. The van der Waals surface area contributed by atoms with Gasteiger partial charge in [0.15, 0.2) is 0 Å². The fraction of sp³-hybridized carbons (Fsp3) is 0.350. The van der Waals surface area contributed by atoms with Crippen LogP contribution in [0.15, 0.2) is 53.6 Å². The van der Waals surface area contributed by atoms with Gasteiger partial charge in [-0.25, -0.2) is 0 Å². The van der Waals surface area contributed by atoms with Crippen LogP contribution in [0.3, 0.4) is 0 Å². The summed E-state index contributed by atoms with van der Waals surface area (Å²) >= 11 is 0. The Morgan fingerprint density at radius 3 is 2.43 bits per heavy atom. The van der Waals surface area contributed by atoms with Gasteiger partial charge in [-0.05, 0) is 42.7 Å². The third kappa shape index (κ3) is 2.41. The highest BCUT2D eigenvalue weighted by atomic mass is 16.6. The Balaban J connectivity index is 1.64. The van der Waals surface area contributed by atoms with Gasteiger partial charge in [0.1, 0.15) is 5.69 Å². The lowest BCUT2D eigenvalue weighted by Crippen LogP contribution is -2.38. The van der Waals surface area contributed by atoms with Crippen LogP contribution in [0.25, 0.3) is 0 Å². The number of non-ortho nitro benzene ring substituents is 1. The molecular weight excluding hydrogens is 360 g/mol. The smallest absolute Gasteiger partial charge is 0.258 e. The Morgan fingerprint density at radius 1 is 0.964 bits per heavy atom. The highest BCUT2D eigenvalue weighted by Crippen LogP contribution is 2.55. The van der Waals surface area contributed by atoms with E-state index in [2.05, 4.69) is 0 Å². The lowest BCUT2D eigenvalue weighted by molar-refractivity contribution is -0.393. The molecule has 2 fully saturated rings. The minimum Gasteiger partial charge on any atom is -0.258 e. The van der Waals surface area contributed by atoms with E-state index in [0.717, 1.165) is 36.6 Å². The second kappa shape index (κ2) is 6.12. The monoisotopic (exact) mass is 378 g/mol. The summed E-state index contributed by atoms with van der Waals surface area (Å²) in [7, 11) is 0. The molecule has 5 rings (SSSR count). The third-order valence-corrected chi connectivity index (χ3v) is 6.37. The molecule has 1 aliphatic heterocycles. The zero-order valence-electron chi connectivity index (χ0n) is 15.0. The zero-order chi connectivity index (χ0) is 19.4. The minimum atomic E-state index is -0.611. The van der Waals surface area contributed by atoms with Crippen molar-refractivity contribution in [2.75, 3.05) is 5.01 Å². The summed E-state index contributed by atoms with van der Waals surface area (Å²) in [5, 5.41) is 29.4. The number of hydrogen-bond acceptors (Lipinski definition) is 6. The summed E-state index contributed by atoms with van der Waals surface area (Å²) in [5.74, 6) is 1.22. The number of hydrogen-bond donors (Lipinski definition) is 0. The molecule has 0 radical (unpaired) electrons. The normalized spacial score (nSPS) is 27.6. The predicted molar refractivity (Wildman–Crippen MR) is 103 cm³/mol. The molecule has 2 bridgehead atoms. The Morgan fingerprint density at radius 2 is 1.71 bits per heavy atom. The van der Waals surface area contributed by atoms with E-state index in [-0.39, 0.29) is 23.3 Å². The van der Waals surface area contributed by atoms with Gasteiger partial charge in [0.25, 0.3) is 5.69 Å². The van der Waals surface area contributed by atoms with E-state index in [4.69, 9.17) is 5.10 Å². The molecule has 8 nitrogen and oxygen atoms in total. The second-order valence-corrected chi connectivity index (χ2v) is 7.73. The highest BCUT2D eigenvalue weighted by molar-refractivity contribution is 6.05. The van der Waals surface area contributed by atoms with Crippen LogP contribution in [0.4, 0.5) is 17.1 Å². The van der Waals surface area contributed by atoms with Crippen LogP contribution in [0.1, 0.15) is 24.8 Å². The fourth-order valence-corrected chi connectivity index (χ4v) is 5.29. The predicted octanol–water partition coefficient (Wildman–Crippen LogP) is 4.14. The van der Waals surface area contributed by atoms with Crippen molar-refractivity contribution >= 4 is 22.8 Å². The van der Waals surface area contributed by atoms with Crippen LogP contribution in [0, 0.1) is 38.0 Å². The van der Waals surface area contributed by atoms with E-state index in [1.54, 1.807) is 5.01 Å². The highest BCUT2D eigenvalue weighted by Gasteiger charge is 2.56. The molecule has 8 heteroatoms. The van der Waals surface area contributed by atoms with E-state index in [9.17, 15) is 20.2 Å². The third-order valence-electron chi connectivity index (χ3n) is 6.37. The molecule has 1 heterocycles. The van der Waals surface area contributed by atoms with E-state index < -0.39 is 9.85 Å². The molecule has 0 saturated heterocycles.